The fourth-order valence-electron chi connectivity index (χ4n) is 2.06. The van der Waals surface area contributed by atoms with Crippen LogP contribution in [0.4, 0.5) is 5.69 Å². The summed E-state index contributed by atoms with van der Waals surface area (Å²) in [6.07, 6.45) is 3.93. The average Bonchev–Trinajstić information content (AvgIpc) is 2.46. The summed E-state index contributed by atoms with van der Waals surface area (Å²) in [5, 5.41) is 8.68. The van der Waals surface area contributed by atoms with E-state index < -0.39 is 0 Å². The summed E-state index contributed by atoms with van der Waals surface area (Å²) in [6, 6.07) is 7.84. The van der Waals surface area contributed by atoms with Crippen molar-refractivity contribution in [1.82, 2.24) is 10.6 Å². The Morgan fingerprint density at radius 2 is 1.95 bits per heavy atom. The molecule has 2 amide bonds. The molecule has 5 heteroatoms. The molecule has 0 fully saturated rings. The molecule has 0 heterocycles. The Hall–Kier alpha value is -1.88. The maximum absolute atomic E-state index is 11.7. The van der Waals surface area contributed by atoms with E-state index in [1.807, 2.05) is 38.2 Å². The van der Waals surface area contributed by atoms with Gasteiger partial charge in [-0.1, -0.05) is 12.1 Å². The van der Waals surface area contributed by atoms with Crippen molar-refractivity contribution in [1.29, 1.82) is 0 Å². The minimum atomic E-state index is 0.0508. The molecule has 0 saturated heterocycles. The number of amides is 2. The predicted octanol–water partition coefficient (Wildman–Crippen LogP) is 1.69. The summed E-state index contributed by atoms with van der Waals surface area (Å²) in [5.74, 6) is 0.0508. The van der Waals surface area contributed by atoms with E-state index in [9.17, 15) is 9.59 Å². The zero-order chi connectivity index (χ0) is 15.5. The molecule has 0 bridgehead atoms. The van der Waals surface area contributed by atoms with E-state index >= 15 is 0 Å². The predicted molar refractivity (Wildman–Crippen MR) is 85.2 cm³/mol. The second-order valence-corrected chi connectivity index (χ2v) is 5.20. The van der Waals surface area contributed by atoms with Crippen molar-refractivity contribution >= 4 is 18.0 Å². The molecule has 1 rings (SSSR count). The maximum Gasteiger partial charge on any atom is 0.224 e. The van der Waals surface area contributed by atoms with Gasteiger partial charge in [0.2, 0.25) is 12.3 Å². The fraction of sp³-hybridized carbons (Fsp3) is 0.500. The molecule has 5 nitrogen and oxygen atoms in total. The van der Waals surface area contributed by atoms with Crippen molar-refractivity contribution in [2.75, 3.05) is 18.9 Å². The van der Waals surface area contributed by atoms with Gasteiger partial charge in [-0.15, -0.1) is 0 Å². The van der Waals surface area contributed by atoms with Crippen LogP contribution in [0.15, 0.2) is 24.3 Å². The molecule has 1 atom stereocenters. The van der Waals surface area contributed by atoms with Crippen LogP contribution in [-0.4, -0.2) is 32.0 Å². The highest BCUT2D eigenvalue weighted by molar-refractivity contribution is 5.90. The normalized spacial score (nSPS) is 11.7. The van der Waals surface area contributed by atoms with Gasteiger partial charge in [0.05, 0.1) is 0 Å². The van der Waals surface area contributed by atoms with E-state index in [1.165, 1.54) is 0 Å². The van der Waals surface area contributed by atoms with Crippen molar-refractivity contribution in [3.63, 3.8) is 0 Å². The van der Waals surface area contributed by atoms with E-state index in [0.717, 1.165) is 37.1 Å². The Balaban J connectivity index is 2.36. The van der Waals surface area contributed by atoms with Crippen LogP contribution in [0.25, 0.3) is 0 Å². The third-order valence-electron chi connectivity index (χ3n) is 3.21. The summed E-state index contributed by atoms with van der Waals surface area (Å²) in [7, 11) is 1.91. The number of nitrogens with one attached hydrogen (secondary N) is 3. The second kappa shape index (κ2) is 9.94. The molecule has 0 aliphatic rings. The van der Waals surface area contributed by atoms with Crippen molar-refractivity contribution in [3.8, 4) is 0 Å². The first-order chi connectivity index (χ1) is 10.2. The number of unbranched alkanes of at least 4 members (excludes halogenated alkanes) is 1. The van der Waals surface area contributed by atoms with Gasteiger partial charge in [0.25, 0.3) is 0 Å². The molecule has 116 valence electrons. The molecule has 0 saturated carbocycles. The molecule has 0 spiro atoms. The highest BCUT2D eigenvalue weighted by Gasteiger charge is 2.04. The van der Waals surface area contributed by atoms with Gasteiger partial charge in [-0.25, -0.2) is 0 Å². The zero-order valence-electron chi connectivity index (χ0n) is 12.8. The largest absolute Gasteiger partial charge is 0.356 e. The number of hydrogen-bond acceptors (Lipinski definition) is 3. The Morgan fingerprint density at radius 3 is 2.57 bits per heavy atom. The van der Waals surface area contributed by atoms with Crippen molar-refractivity contribution in [3.05, 3.63) is 29.8 Å². The molecule has 1 unspecified atom stereocenters. The molecular formula is C16H25N3O2. The van der Waals surface area contributed by atoms with Crippen LogP contribution in [0.2, 0.25) is 0 Å². The molecule has 0 aliphatic heterocycles. The Bertz CT molecular complexity index is 432. The lowest BCUT2D eigenvalue weighted by Crippen LogP contribution is -2.26. The van der Waals surface area contributed by atoms with Crippen molar-refractivity contribution in [2.24, 2.45) is 0 Å². The smallest absolute Gasteiger partial charge is 0.224 e. The quantitative estimate of drug-likeness (QED) is 0.454. The first-order valence-electron chi connectivity index (χ1n) is 7.38. The number of carbonyl (C=O) groups excluding carboxylic acids is 2. The average molecular weight is 291 g/mol. The van der Waals surface area contributed by atoms with E-state index in [0.29, 0.717) is 12.8 Å². The van der Waals surface area contributed by atoms with Crippen LogP contribution < -0.4 is 16.0 Å². The molecule has 1 aromatic carbocycles. The summed E-state index contributed by atoms with van der Waals surface area (Å²) in [4.78, 5) is 22.1. The summed E-state index contributed by atoms with van der Waals surface area (Å²) in [5.41, 5.74) is 1.94. The van der Waals surface area contributed by atoms with Crippen molar-refractivity contribution in [2.45, 2.75) is 38.6 Å². The standard InChI is InChI=1S/C16H25N3O2/c1-13(18-12-20)11-14-6-8-15(9-7-14)19-16(21)5-3-4-10-17-2/h6-9,12-13,17H,3-5,10-11H2,1-2H3,(H,18,20)(H,19,21). The van der Waals surface area contributed by atoms with E-state index in [1.54, 1.807) is 0 Å². The Labute approximate surface area is 126 Å². The number of anilines is 1. The van der Waals surface area contributed by atoms with Gasteiger partial charge >= 0.3 is 0 Å². The number of rotatable bonds is 10. The first-order valence-corrected chi connectivity index (χ1v) is 7.38. The van der Waals surface area contributed by atoms with E-state index in [-0.39, 0.29) is 11.9 Å². The minimum absolute atomic E-state index is 0.0508. The highest BCUT2D eigenvalue weighted by atomic mass is 16.1. The Kier molecular flexibility index (Phi) is 8.12. The number of carbonyl (C=O) groups is 2. The minimum Gasteiger partial charge on any atom is -0.356 e. The van der Waals surface area contributed by atoms with Gasteiger partial charge in [-0.2, -0.15) is 0 Å². The molecule has 0 radical (unpaired) electrons. The van der Waals surface area contributed by atoms with Crippen LogP contribution in [-0.2, 0) is 16.0 Å². The van der Waals surface area contributed by atoms with Gasteiger partial charge in [0, 0.05) is 18.2 Å². The Morgan fingerprint density at radius 1 is 1.24 bits per heavy atom. The lowest BCUT2D eigenvalue weighted by Gasteiger charge is -2.11. The first kappa shape index (κ1) is 17.2. The molecular weight excluding hydrogens is 266 g/mol. The zero-order valence-corrected chi connectivity index (χ0v) is 12.8. The van der Waals surface area contributed by atoms with Crippen LogP contribution >= 0.6 is 0 Å². The monoisotopic (exact) mass is 291 g/mol. The van der Waals surface area contributed by atoms with E-state index in [4.69, 9.17) is 0 Å². The lowest BCUT2D eigenvalue weighted by molar-refractivity contribution is -0.116. The lowest BCUT2D eigenvalue weighted by atomic mass is 10.1. The summed E-state index contributed by atoms with van der Waals surface area (Å²) in [6.45, 7) is 2.89. The maximum atomic E-state index is 11.7. The number of benzene rings is 1. The van der Waals surface area contributed by atoms with Gasteiger partial charge in [0.1, 0.15) is 0 Å². The third kappa shape index (κ3) is 7.46. The molecule has 3 N–H and O–H groups in total. The van der Waals surface area contributed by atoms with Gasteiger partial charge in [-0.3, -0.25) is 9.59 Å². The topological polar surface area (TPSA) is 70.2 Å². The van der Waals surface area contributed by atoms with Crippen LogP contribution in [0.3, 0.4) is 0 Å². The van der Waals surface area contributed by atoms with Crippen LogP contribution in [0.1, 0.15) is 31.7 Å². The molecule has 21 heavy (non-hydrogen) atoms. The van der Waals surface area contributed by atoms with Gasteiger partial charge < -0.3 is 16.0 Å². The highest BCUT2D eigenvalue weighted by Crippen LogP contribution is 2.12. The van der Waals surface area contributed by atoms with E-state index in [2.05, 4.69) is 16.0 Å². The second-order valence-electron chi connectivity index (χ2n) is 5.20. The van der Waals surface area contributed by atoms with Crippen molar-refractivity contribution < 1.29 is 9.59 Å². The van der Waals surface area contributed by atoms with Gasteiger partial charge in [0.15, 0.2) is 0 Å². The van der Waals surface area contributed by atoms with Gasteiger partial charge in [-0.05, 0) is 57.5 Å². The molecule has 1 aromatic rings. The number of hydrogen-bond donors (Lipinski definition) is 3. The summed E-state index contributed by atoms with van der Waals surface area (Å²) < 4.78 is 0. The summed E-state index contributed by atoms with van der Waals surface area (Å²) >= 11 is 0. The third-order valence-corrected chi connectivity index (χ3v) is 3.21. The molecule has 0 aliphatic carbocycles. The van der Waals surface area contributed by atoms with Crippen LogP contribution in [0.5, 0.6) is 0 Å². The SMILES string of the molecule is CNCCCCC(=O)Nc1ccc(CC(C)NC=O)cc1. The molecule has 0 aromatic heterocycles. The fourth-order valence-corrected chi connectivity index (χ4v) is 2.06. The van der Waals surface area contributed by atoms with Crippen LogP contribution in [0, 0.1) is 0 Å².